The summed E-state index contributed by atoms with van der Waals surface area (Å²) < 4.78 is 68.5. The van der Waals surface area contributed by atoms with Crippen LogP contribution in [0.2, 0.25) is 0 Å². The van der Waals surface area contributed by atoms with Crippen molar-refractivity contribution in [2.75, 3.05) is 0 Å². The second-order valence-corrected chi connectivity index (χ2v) is 11.1. The summed E-state index contributed by atoms with van der Waals surface area (Å²) in [5.41, 5.74) is -0.587. The molecule has 0 saturated heterocycles. The predicted octanol–water partition coefficient (Wildman–Crippen LogP) is 3.93. The molecule has 0 fully saturated rings. The third-order valence-corrected chi connectivity index (χ3v) is 6.13. The summed E-state index contributed by atoms with van der Waals surface area (Å²) in [7, 11) is -9.87. The van der Waals surface area contributed by atoms with Gasteiger partial charge in [0.15, 0.2) is 0 Å². The van der Waals surface area contributed by atoms with Gasteiger partial charge in [-0.05, 0) is 27.3 Å². The van der Waals surface area contributed by atoms with Gasteiger partial charge < -0.3 is 0 Å². The molecular weight excluding hydrogens is 376 g/mol. The zero-order chi connectivity index (χ0) is 20.3. The van der Waals surface area contributed by atoms with Crippen molar-refractivity contribution in [3.8, 4) is 0 Å². The second kappa shape index (κ2) is 6.02. The fourth-order valence-electron chi connectivity index (χ4n) is 3.38. The van der Waals surface area contributed by atoms with Crippen molar-refractivity contribution in [1.82, 2.24) is 0 Å². The fraction of sp³-hybridized carbons (Fsp3) is 0.444. The molecule has 0 amide bonds. The highest BCUT2D eigenvalue weighted by molar-refractivity contribution is 7.89. The zero-order valence-electron chi connectivity index (χ0n) is 15.7. The molecule has 0 radical (unpaired) electrons. The van der Waals surface area contributed by atoms with E-state index in [2.05, 4.69) is 0 Å². The van der Waals surface area contributed by atoms with Gasteiger partial charge in [-0.2, -0.15) is 16.8 Å². The van der Waals surface area contributed by atoms with E-state index in [1.807, 2.05) is 20.8 Å². The Balaban J connectivity index is 3.47. The number of benzene rings is 2. The lowest BCUT2D eigenvalue weighted by Crippen LogP contribution is -2.27. The van der Waals surface area contributed by atoms with Gasteiger partial charge in [0.2, 0.25) is 0 Å². The third kappa shape index (κ3) is 3.64. The fourth-order valence-corrected chi connectivity index (χ4v) is 5.81. The highest BCUT2D eigenvalue weighted by Gasteiger charge is 2.39. The van der Waals surface area contributed by atoms with Crippen LogP contribution in [0.5, 0.6) is 0 Å². The number of hydrogen-bond acceptors (Lipinski definition) is 4. The molecule has 0 aliphatic heterocycles. The van der Waals surface area contributed by atoms with Crippen molar-refractivity contribution in [1.29, 1.82) is 0 Å². The molecule has 0 heterocycles. The SMILES string of the molecule is CC(C)(C)c1c(S(=O)(=O)O)c(S(=O)(=O)O)c2ccccc2c1C(C)(C)C. The Kier molecular flexibility index (Phi) is 4.82. The molecule has 2 aromatic rings. The molecule has 0 spiro atoms. The average Bonchev–Trinajstić information content (AvgIpc) is 2.40. The molecule has 0 aliphatic rings. The van der Waals surface area contributed by atoms with Crippen molar-refractivity contribution < 1.29 is 25.9 Å². The summed E-state index contributed by atoms with van der Waals surface area (Å²) in [6.07, 6.45) is 0. The molecule has 2 rings (SSSR count). The van der Waals surface area contributed by atoms with Crippen molar-refractivity contribution in [2.24, 2.45) is 0 Å². The smallest absolute Gasteiger partial charge is 0.282 e. The Morgan fingerprint density at radius 3 is 1.38 bits per heavy atom. The Morgan fingerprint density at radius 2 is 1.04 bits per heavy atom. The molecule has 26 heavy (non-hydrogen) atoms. The van der Waals surface area contributed by atoms with Gasteiger partial charge in [-0.3, -0.25) is 9.11 Å². The minimum Gasteiger partial charge on any atom is -0.282 e. The van der Waals surface area contributed by atoms with E-state index in [0.29, 0.717) is 10.9 Å². The first-order chi connectivity index (χ1) is 11.5. The maximum Gasteiger partial charge on any atom is 0.296 e. The van der Waals surface area contributed by atoms with Gasteiger partial charge in [-0.25, -0.2) is 0 Å². The molecule has 2 aromatic carbocycles. The van der Waals surface area contributed by atoms with Crippen LogP contribution in [0.1, 0.15) is 52.7 Å². The van der Waals surface area contributed by atoms with E-state index in [4.69, 9.17) is 0 Å². The first-order valence-corrected chi connectivity index (χ1v) is 10.9. The maximum absolute atomic E-state index is 12.3. The molecule has 6 nitrogen and oxygen atoms in total. The Hall–Kier alpha value is -1.48. The first-order valence-electron chi connectivity index (χ1n) is 8.02. The van der Waals surface area contributed by atoms with Gasteiger partial charge in [0.05, 0.1) is 0 Å². The molecule has 2 N–H and O–H groups in total. The van der Waals surface area contributed by atoms with E-state index >= 15 is 0 Å². The van der Waals surface area contributed by atoms with Crippen LogP contribution in [0.3, 0.4) is 0 Å². The quantitative estimate of drug-likeness (QED) is 0.739. The Bertz CT molecular complexity index is 1080. The van der Waals surface area contributed by atoms with Gasteiger partial charge in [0, 0.05) is 5.39 Å². The predicted molar refractivity (Wildman–Crippen MR) is 101 cm³/mol. The van der Waals surface area contributed by atoms with Crippen molar-refractivity contribution >= 4 is 31.0 Å². The van der Waals surface area contributed by atoms with Crippen LogP contribution in [0.15, 0.2) is 34.1 Å². The third-order valence-electron chi connectivity index (χ3n) is 4.14. The molecule has 0 aromatic heterocycles. The van der Waals surface area contributed by atoms with Crippen molar-refractivity contribution in [2.45, 2.75) is 62.2 Å². The average molecular weight is 401 g/mol. The van der Waals surface area contributed by atoms with Crippen LogP contribution in [-0.4, -0.2) is 25.9 Å². The standard InChI is InChI=1S/C18H24O6S2/c1-17(2,3)13-11-9-7-8-10-12(11)15(25(19,20)21)16(26(22,23)24)14(13)18(4,5)6/h7-10H,1-6H3,(H,19,20,21)(H,22,23,24). The molecule has 0 bridgehead atoms. The van der Waals surface area contributed by atoms with E-state index in [1.54, 1.807) is 39.0 Å². The number of rotatable bonds is 2. The second-order valence-electron chi connectivity index (χ2n) is 8.40. The van der Waals surface area contributed by atoms with Crippen molar-refractivity contribution in [3.05, 3.63) is 35.4 Å². The van der Waals surface area contributed by atoms with Crippen molar-refractivity contribution in [3.63, 3.8) is 0 Å². The lowest BCUT2D eigenvalue weighted by atomic mass is 9.73. The summed E-state index contributed by atoms with van der Waals surface area (Å²) in [6, 6.07) is 6.38. The summed E-state index contributed by atoms with van der Waals surface area (Å²) in [6.45, 7) is 10.8. The van der Waals surface area contributed by atoms with Gasteiger partial charge in [0.1, 0.15) is 9.79 Å². The molecule has 144 valence electrons. The van der Waals surface area contributed by atoms with Crippen LogP contribution >= 0.6 is 0 Å². The van der Waals surface area contributed by atoms with Crippen LogP contribution in [-0.2, 0) is 31.1 Å². The summed E-state index contributed by atoms with van der Waals surface area (Å²) in [5.74, 6) is 0. The number of fused-ring (bicyclic) bond motifs is 1. The Morgan fingerprint density at radius 1 is 0.654 bits per heavy atom. The number of hydrogen-bond donors (Lipinski definition) is 2. The minimum absolute atomic E-state index is 0.0561. The molecule has 0 aliphatic carbocycles. The van der Waals surface area contributed by atoms with E-state index in [-0.39, 0.29) is 10.9 Å². The van der Waals surface area contributed by atoms with Gasteiger partial charge >= 0.3 is 0 Å². The summed E-state index contributed by atoms with van der Waals surface area (Å²) in [4.78, 5) is -1.54. The van der Waals surface area contributed by atoms with Crippen LogP contribution in [0, 0.1) is 0 Å². The van der Waals surface area contributed by atoms with E-state index in [9.17, 15) is 25.9 Å². The van der Waals surface area contributed by atoms with E-state index < -0.39 is 40.9 Å². The molecule has 8 heteroatoms. The van der Waals surface area contributed by atoms with Crippen LogP contribution < -0.4 is 0 Å². The zero-order valence-corrected chi connectivity index (χ0v) is 17.3. The molecular formula is C18H24O6S2. The lowest BCUT2D eigenvalue weighted by Gasteiger charge is -2.34. The minimum atomic E-state index is -4.94. The molecule has 0 unspecified atom stereocenters. The topological polar surface area (TPSA) is 109 Å². The largest absolute Gasteiger partial charge is 0.296 e. The molecule has 0 atom stereocenters. The summed E-state index contributed by atoms with van der Waals surface area (Å²) in [5, 5.41) is 0.575. The van der Waals surface area contributed by atoms with Gasteiger partial charge in [-0.15, -0.1) is 0 Å². The lowest BCUT2D eigenvalue weighted by molar-refractivity contribution is 0.456. The van der Waals surface area contributed by atoms with Crippen LogP contribution in [0.4, 0.5) is 0 Å². The highest BCUT2D eigenvalue weighted by Crippen LogP contribution is 2.46. The summed E-state index contributed by atoms with van der Waals surface area (Å²) >= 11 is 0. The Labute approximate surface area is 154 Å². The first kappa shape index (κ1) is 20.8. The van der Waals surface area contributed by atoms with Gasteiger partial charge in [0.25, 0.3) is 20.2 Å². The maximum atomic E-state index is 12.3. The normalized spacial score (nSPS) is 14.0. The van der Waals surface area contributed by atoms with E-state index in [1.165, 1.54) is 6.07 Å². The monoisotopic (exact) mass is 400 g/mol. The molecule has 0 saturated carbocycles. The highest BCUT2D eigenvalue weighted by atomic mass is 32.2. The van der Waals surface area contributed by atoms with Gasteiger partial charge in [-0.1, -0.05) is 65.8 Å². The van der Waals surface area contributed by atoms with Crippen LogP contribution in [0.25, 0.3) is 10.8 Å². The van der Waals surface area contributed by atoms with E-state index in [0.717, 1.165) is 0 Å².